The predicted molar refractivity (Wildman–Crippen MR) is 83.7 cm³/mol. The second kappa shape index (κ2) is 5.53. The van der Waals surface area contributed by atoms with E-state index in [1.807, 2.05) is 31.3 Å². The molecule has 2 aromatic rings. The van der Waals surface area contributed by atoms with E-state index in [9.17, 15) is 0 Å². The molecular weight excluding hydrogens is 248 g/mol. The van der Waals surface area contributed by atoms with Crippen molar-refractivity contribution in [2.45, 2.75) is 33.1 Å². The maximum atomic E-state index is 5.98. The minimum Gasteiger partial charge on any atom is -0.439 e. The van der Waals surface area contributed by atoms with Gasteiger partial charge in [-0.3, -0.25) is 0 Å². The van der Waals surface area contributed by atoms with Gasteiger partial charge in [0, 0.05) is 18.7 Å². The van der Waals surface area contributed by atoms with Gasteiger partial charge in [0.2, 0.25) is 5.88 Å². The number of anilines is 1. The number of nitrogens with zero attached hydrogens (tertiary/aromatic N) is 1. The maximum Gasteiger partial charge on any atom is 0.221 e. The molecule has 3 nitrogen and oxygen atoms in total. The highest BCUT2D eigenvalue weighted by Gasteiger charge is 2.19. The van der Waals surface area contributed by atoms with E-state index in [-0.39, 0.29) is 5.41 Å². The van der Waals surface area contributed by atoms with E-state index >= 15 is 0 Å². The fourth-order valence-corrected chi connectivity index (χ4v) is 2.04. The molecule has 0 aliphatic heterocycles. The summed E-state index contributed by atoms with van der Waals surface area (Å²) in [6.07, 6.45) is 0. The summed E-state index contributed by atoms with van der Waals surface area (Å²) >= 11 is 0. The summed E-state index contributed by atoms with van der Waals surface area (Å²) in [6, 6.07) is 12.0. The Morgan fingerprint density at radius 1 is 1.10 bits per heavy atom. The Kier molecular flexibility index (Phi) is 3.98. The second-order valence-electron chi connectivity index (χ2n) is 5.96. The highest BCUT2D eigenvalue weighted by molar-refractivity contribution is 5.44. The quantitative estimate of drug-likeness (QED) is 0.890. The molecule has 0 fully saturated rings. The lowest BCUT2D eigenvalue weighted by Gasteiger charge is -2.23. The number of hydrogen-bond acceptors (Lipinski definition) is 3. The Balaban J connectivity index is 2.38. The van der Waals surface area contributed by atoms with Crippen LogP contribution in [0.2, 0.25) is 0 Å². The molecule has 0 atom stereocenters. The lowest BCUT2D eigenvalue weighted by Crippen LogP contribution is -2.13. The van der Waals surface area contributed by atoms with Crippen molar-refractivity contribution < 1.29 is 4.74 Å². The van der Waals surface area contributed by atoms with Crippen molar-refractivity contribution in [1.29, 1.82) is 0 Å². The molecule has 0 bridgehead atoms. The average Bonchev–Trinajstić information content (AvgIpc) is 2.40. The minimum absolute atomic E-state index is 0.0297. The van der Waals surface area contributed by atoms with E-state index in [1.165, 1.54) is 11.1 Å². The van der Waals surface area contributed by atoms with Crippen LogP contribution in [0, 0.1) is 6.92 Å². The molecule has 0 amide bonds. The fourth-order valence-electron chi connectivity index (χ4n) is 2.04. The molecule has 0 aliphatic carbocycles. The first-order valence-corrected chi connectivity index (χ1v) is 6.84. The molecule has 0 saturated heterocycles. The highest BCUT2D eigenvalue weighted by atomic mass is 16.5. The first kappa shape index (κ1) is 14.4. The Labute approximate surface area is 121 Å². The molecule has 0 spiro atoms. The molecule has 1 heterocycles. The van der Waals surface area contributed by atoms with Crippen LogP contribution in [-0.4, -0.2) is 12.0 Å². The van der Waals surface area contributed by atoms with Gasteiger partial charge in [0.25, 0.3) is 0 Å². The first-order chi connectivity index (χ1) is 9.40. The van der Waals surface area contributed by atoms with Crippen LogP contribution >= 0.6 is 0 Å². The average molecular weight is 270 g/mol. The summed E-state index contributed by atoms with van der Waals surface area (Å²) in [5.41, 5.74) is 2.45. The molecule has 0 aliphatic rings. The smallest absolute Gasteiger partial charge is 0.221 e. The third-order valence-corrected chi connectivity index (χ3v) is 3.14. The van der Waals surface area contributed by atoms with Gasteiger partial charge in [-0.1, -0.05) is 44.5 Å². The van der Waals surface area contributed by atoms with E-state index in [1.54, 1.807) is 0 Å². The Morgan fingerprint density at radius 3 is 2.50 bits per heavy atom. The number of nitrogens with one attached hydrogen (secondary N) is 1. The molecular formula is C17H22N2O. The van der Waals surface area contributed by atoms with Crippen LogP contribution in [0.4, 0.5) is 5.82 Å². The summed E-state index contributed by atoms with van der Waals surface area (Å²) in [4.78, 5) is 4.40. The van der Waals surface area contributed by atoms with Gasteiger partial charge in [-0.05, 0) is 24.5 Å². The monoisotopic (exact) mass is 270 g/mol. The zero-order valence-corrected chi connectivity index (χ0v) is 12.8. The first-order valence-electron chi connectivity index (χ1n) is 6.84. The van der Waals surface area contributed by atoms with Crippen LogP contribution in [0.5, 0.6) is 11.6 Å². The van der Waals surface area contributed by atoms with Crippen LogP contribution in [-0.2, 0) is 5.41 Å². The van der Waals surface area contributed by atoms with Gasteiger partial charge >= 0.3 is 0 Å². The maximum absolute atomic E-state index is 5.98. The summed E-state index contributed by atoms with van der Waals surface area (Å²) < 4.78 is 5.98. The van der Waals surface area contributed by atoms with Gasteiger partial charge < -0.3 is 10.1 Å². The number of ether oxygens (including phenoxy) is 1. The van der Waals surface area contributed by atoms with E-state index in [0.29, 0.717) is 5.88 Å². The second-order valence-corrected chi connectivity index (χ2v) is 5.96. The molecule has 20 heavy (non-hydrogen) atoms. The van der Waals surface area contributed by atoms with Crippen molar-refractivity contribution in [3.05, 3.63) is 47.5 Å². The standard InChI is InChI=1S/C17H22N2O/c1-12-9-10-14(13(11-12)17(2,3)4)20-16-8-6-7-15(18-5)19-16/h6-11H,1-5H3,(H,18,19). The number of hydrogen-bond donors (Lipinski definition) is 1. The lowest BCUT2D eigenvalue weighted by molar-refractivity contribution is 0.440. The van der Waals surface area contributed by atoms with Crippen molar-refractivity contribution in [1.82, 2.24) is 4.98 Å². The molecule has 1 aromatic carbocycles. The number of benzene rings is 1. The van der Waals surface area contributed by atoms with Gasteiger partial charge in [0.05, 0.1) is 0 Å². The van der Waals surface area contributed by atoms with E-state index in [0.717, 1.165) is 11.6 Å². The molecule has 1 N–H and O–H groups in total. The third kappa shape index (κ3) is 3.29. The van der Waals surface area contributed by atoms with Crippen molar-refractivity contribution in [3.63, 3.8) is 0 Å². The van der Waals surface area contributed by atoms with Gasteiger partial charge in [-0.25, -0.2) is 0 Å². The van der Waals surface area contributed by atoms with Crippen LogP contribution in [0.3, 0.4) is 0 Å². The van der Waals surface area contributed by atoms with E-state index in [4.69, 9.17) is 4.74 Å². The van der Waals surface area contributed by atoms with E-state index in [2.05, 4.69) is 50.1 Å². The van der Waals surface area contributed by atoms with Crippen LogP contribution in [0.25, 0.3) is 0 Å². The zero-order valence-electron chi connectivity index (χ0n) is 12.8. The van der Waals surface area contributed by atoms with Crippen molar-refractivity contribution in [2.75, 3.05) is 12.4 Å². The van der Waals surface area contributed by atoms with Crippen molar-refractivity contribution in [2.24, 2.45) is 0 Å². The summed E-state index contributed by atoms with van der Waals surface area (Å²) in [6.45, 7) is 8.66. The lowest BCUT2D eigenvalue weighted by atomic mass is 9.85. The van der Waals surface area contributed by atoms with Gasteiger partial charge in [-0.2, -0.15) is 4.98 Å². The van der Waals surface area contributed by atoms with Gasteiger partial charge in [0.1, 0.15) is 11.6 Å². The Hall–Kier alpha value is -2.03. The normalized spacial score (nSPS) is 11.2. The van der Waals surface area contributed by atoms with Crippen LogP contribution in [0.15, 0.2) is 36.4 Å². The number of rotatable bonds is 3. The molecule has 0 radical (unpaired) electrons. The largest absolute Gasteiger partial charge is 0.439 e. The number of pyridine rings is 1. The van der Waals surface area contributed by atoms with E-state index < -0.39 is 0 Å². The number of aromatic nitrogens is 1. The summed E-state index contributed by atoms with van der Waals surface area (Å²) in [7, 11) is 1.85. The summed E-state index contributed by atoms with van der Waals surface area (Å²) in [5, 5.41) is 3.02. The highest BCUT2D eigenvalue weighted by Crippen LogP contribution is 2.34. The Bertz CT molecular complexity index is 600. The predicted octanol–water partition coefficient (Wildman–Crippen LogP) is 4.52. The van der Waals surface area contributed by atoms with Gasteiger partial charge in [-0.15, -0.1) is 0 Å². The van der Waals surface area contributed by atoms with Crippen molar-refractivity contribution in [3.8, 4) is 11.6 Å². The molecule has 1 aromatic heterocycles. The van der Waals surface area contributed by atoms with Crippen LogP contribution < -0.4 is 10.1 Å². The number of aryl methyl sites for hydroxylation is 1. The molecule has 106 valence electrons. The van der Waals surface area contributed by atoms with Crippen LogP contribution in [0.1, 0.15) is 31.9 Å². The fraction of sp³-hybridized carbons (Fsp3) is 0.353. The SMILES string of the molecule is CNc1cccc(Oc2ccc(C)cc2C(C)(C)C)n1. The minimum atomic E-state index is 0.0297. The van der Waals surface area contributed by atoms with Crippen molar-refractivity contribution >= 4 is 5.82 Å². The summed E-state index contributed by atoms with van der Waals surface area (Å²) in [5.74, 6) is 2.27. The Morgan fingerprint density at radius 2 is 1.85 bits per heavy atom. The molecule has 2 rings (SSSR count). The molecule has 0 unspecified atom stereocenters. The van der Waals surface area contributed by atoms with Gasteiger partial charge in [0.15, 0.2) is 0 Å². The topological polar surface area (TPSA) is 34.1 Å². The third-order valence-electron chi connectivity index (χ3n) is 3.14. The zero-order chi connectivity index (χ0) is 14.8. The molecule has 0 saturated carbocycles. The molecule has 3 heteroatoms.